The van der Waals surface area contributed by atoms with Gasteiger partial charge in [0.1, 0.15) is 0 Å². The molecule has 0 atom stereocenters. The third-order valence-corrected chi connectivity index (χ3v) is 4.44. The molecule has 0 fully saturated rings. The number of H-pyrrole nitrogens is 1. The molecule has 3 aromatic heterocycles. The van der Waals surface area contributed by atoms with Crippen LogP contribution in [0.4, 0.5) is 0 Å². The summed E-state index contributed by atoms with van der Waals surface area (Å²) in [6, 6.07) is 1.81. The standard InChI is InChI=1S/C17H20N6O2/c24-16(15-12-6-2-1-3-7-13(12)20-21-15)25-11-4-8-14-19-17-18-9-5-10-23(17)22-14/h5,9-10H,1-4,6-8,11H2,(H,20,21). The fourth-order valence-electron chi connectivity index (χ4n) is 3.17. The fourth-order valence-corrected chi connectivity index (χ4v) is 3.17. The van der Waals surface area contributed by atoms with Crippen LogP contribution in [0.3, 0.4) is 0 Å². The molecule has 1 aliphatic rings. The zero-order valence-electron chi connectivity index (χ0n) is 13.9. The molecule has 0 spiro atoms. The van der Waals surface area contributed by atoms with Gasteiger partial charge < -0.3 is 4.74 Å². The number of nitrogens with zero attached hydrogens (tertiary/aromatic N) is 5. The molecule has 130 valence electrons. The predicted molar refractivity (Wildman–Crippen MR) is 89.2 cm³/mol. The number of aromatic amines is 1. The van der Waals surface area contributed by atoms with Crippen LogP contribution in [0, 0.1) is 0 Å². The first-order chi connectivity index (χ1) is 12.3. The highest BCUT2D eigenvalue weighted by Gasteiger charge is 2.21. The maximum atomic E-state index is 12.3. The van der Waals surface area contributed by atoms with Crippen LogP contribution < -0.4 is 0 Å². The van der Waals surface area contributed by atoms with E-state index in [9.17, 15) is 4.79 Å². The number of ether oxygens (including phenoxy) is 1. The second-order valence-corrected chi connectivity index (χ2v) is 6.22. The zero-order valence-corrected chi connectivity index (χ0v) is 13.9. The second-order valence-electron chi connectivity index (χ2n) is 6.22. The quantitative estimate of drug-likeness (QED) is 0.433. The second kappa shape index (κ2) is 7.00. The Morgan fingerprint density at radius 1 is 1.28 bits per heavy atom. The van der Waals surface area contributed by atoms with Gasteiger partial charge in [-0.1, -0.05) is 6.42 Å². The molecule has 8 nitrogen and oxygen atoms in total. The largest absolute Gasteiger partial charge is 0.461 e. The van der Waals surface area contributed by atoms with Crippen LogP contribution in [0.25, 0.3) is 5.78 Å². The number of nitrogens with one attached hydrogen (secondary N) is 1. The van der Waals surface area contributed by atoms with Crippen LogP contribution in [0.1, 0.15) is 53.3 Å². The Labute approximate surface area is 144 Å². The topological polar surface area (TPSA) is 98.1 Å². The smallest absolute Gasteiger partial charge is 0.359 e. The summed E-state index contributed by atoms with van der Waals surface area (Å²) in [5.74, 6) is 0.932. The Balaban J connectivity index is 1.31. The van der Waals surface area contributed by atoms with E-state index in [1.165, 1.54) is 6.42 Å². The molecular formula is C17H20N6O2. The van der Waals surface area contributed by atoms with Gasteiger partial charge in [-0.15, -0.1) is 5.10 Å². The monoisotopic (exact) mass is 340 g/mol. The minimum absolute atomic E-state index is 0.323. The van der Waals surface area contributed by atoms with Gasteiger partial charge in [-0.05, 0) is 38.2 Å². The van der Waals surface area contributed by atoms with Crippen molar-refractivity contribution in [2.75, 3.05) is 6.61 Å². The van der Waals surface area contributed by atoms with Crippen LogP contribution in [0.5, 0.6) is 0 Å². The lowest BCUT2D eigenvalue weighted by Crippen LogP contribution is -2.10. The average Bonchev–Trinajstić information content (AvgIpc) is 3.15. The van der Waals surface area contributed by atoms with Crippen LogP contribution in [-0.2, 0) is 24.0 Å². The number of carbonyl (C=O) groups excluding carboxylic acids is 1. The van der Waals surface area contributed by atoms with Gasteiger partial charge in [-0.25, -0.2) is 14.3 Å². The molecule has 0 aromatic carbocycles. The van der Waals surface area contributed by atoms with Crippen molar-refractivity contribution in [3.63, 3.8) is 0 Å². The molecule has 4 rings (SSSR count). The summed E-state index contributed by atoms with van der Waals surface area (Å²) in [5, 5.41) is 11.5. The number of carbonyl (C=O) groups is 1. The summed E-state index contributed by atoms with van der Waals surface area (Å²) < 4.78 is 7.03. The summed E-state index contributed by atoms with van der Waals surface area (Å²) in [6.45, 7) is 0.323. The fraction of sp³-hybridized carbons (Fsp3) is 0.471. The van der Waals surface area contributed by atoms with Crippen LogP contribution >= 0.6 is 0 Å². The third kappa shape index (κ3) is 3.38. The molecule has 8 heteroatoms. The van der Waals surface area contributed by atoms with E-state index in [0.29, 0.717) is 36.7 Å². The van der Waals surface area contributed by atoms with E-state index in [0.717, 1.165) is 36.9 Å². The van der Waals surface area contributed by atoms with Crippen molar-refractivity contribution in [1.82, 2.24) is 29.8 Å². The summed E-state index contributed by atoms with van der Waals surface area (Å²) in [4.78, 5) is 20.8. The van der Waals surface area contributed by atoms with E-state index >= 15 is 0 Å². The first kappa shape index (κ1) is 15.7. The highest BCUT2D eigenvalue weighted by molar-refractivity contribution is 5.89. The van der Waals surface area contributed by atoms with Crippen molar-refractivity contribution >= 4 is 11.7 Å². The summed E-state index contributed by atoms with van der Waals surface area (Å²) in [7, 11) is 0. The van der Waals surface area contributed by atoms with Crippen LogP contribution in [-0.4, -0.2) is 42.4 Å². The Kier molecular flexibility index (Phi) is 4.41. The SMILES string of the molecule is O=C(OCCCc1nc2ncccn2n1)c1n[nH]c2c1CCCCC2. The number of aryl methyl sites for hydroxylation is 2. The van der Waals surface area contributed by atoms with E-state index in [1.807, 2.05) is 6.20 Å². The summed E-state index contributed by atoms with van der Waals surface area (Å²) in [6.07, 6.45) is 10.1. The van der Waals surface area contributed by atoms with Gasteiger partial charge in [0.15, 0.2) is 11.5 Å². The van der Waals surface area contributed by atoms with E-state index in [-0.39, 0.29) is 5.97 Å². The van der Waals surface area contributed by atoms with Gasteiger partial charge in [0.25, 0.3) is 5.78 Å². The zero-order chi connectivity index (χ0) is 17.1. The van der Waals surface area contributed by atoms with Crippen molar-refractivity contribution in [2.24, 2.45) is 0 Å². The summed E-state index contributed by atoms with van der Waals surface area (Å²) >= 11 is 0. The minimum atomic E-state index is -0.343. The molecule has 0 aliphatic heterocycles. The predicted octanol–water partition coefficient (Wildman–Crippen LogP) is 1.91. The third-order valence-electron chi connectivity index (χ3n) is 4.44. The van der Waals surface area contributed by atoms with E-state index in [1.54, 1.807) is 16.8 Å². The molecule has 0 saturated carbocycles. The molecular weight excluding hydrogens is 320 g/mol. The van der Waals surface area contributed by atoms with Crippen molar-refractivity contribution in [2.45, 2.75) is 44.9 Å². The van der Waals surface area contributed by atoms with E-state index < -0.39 is 0 Å². The molecule has 1 N–H and O–H groups in total. The number of aromatic nitrogens is 6. The Bertz CT molecular complexity index is 851. The number of hydrogen-bond donors (Lipinski definition) is 1. The highest BCUT2D eigenvalue weighted by Crippen LogP contribution is 2.22. The van der Waals surface area contributed by atoms with Crippen molar-refractivity contribution in [3.05, 3.63) is 41.2 Å². The molecule has 25 heavy (non-hydrogen) atoms. The highest BCUT2D eigenvalue weighted by atomic mass is 16.5. The molecule has 1 aliphatic carbocycles. The minimum Gasteiger partial charge on any atom is -0.461 e. The summed E-state index contributed by atoms with van der Waals surface area (Å²) in [5.41, 5.74) is 2.58. The Hall–Kier alpha value is -2.77. The lowest BCUT2D eigenvalue weighted by Gasteiger charge is -2.04. The maximum absolute atomic E-state index is 12.3. The molecule has 3 heterocycles. The van der Waals surface area contributed by atoms with Crippen LogP contribution in [0.2, 0.25) is 0 Å². The average molecular weight is 340 g/mol. The van der Waals surface area contributed by atoms with Gasteiger partial charge in [0.2, 0.25) is 0 Å². The van der Waals surface area contributed by atoms with E-state index in [4.69, 9.17) is 4.74 Å². The van der Waals surface area contributed by atoms with Crippen molar-refractivity contribution in [1.29, 1.82) is 0 Å². The normalized spacial score (nSPS) is 14.2. The number of esters is 1. The lowest BCUT2D eigenvalue weighted by molar-refractivity contribution is 0.0492. The molecule has 3 aromatic rings. The van der Waals surface area contributed by atoms with Gasteiger partial charge in [0.05, 0.1) is 6.61 Å². The van der Waals surface area contributed by atoms with Gasteiger partial charge in [0, 0.05) is 30.1 Å². The Morgan fingerprint density at radius 3 is 3.12 bits per heavy atom. The van der Waals surface area contributed by atoms with Gasteiger partial charge >= 0.3 is 5.97 Å². The molecule has 0 saturated heterocycles. The van der Waals surface area contributed by atoms with Crippen molar-refractivity contribution in [3.8, 4) is 0 Å². The lowest BCUT2D eigenvalue weighted by atomic mass is 10.1. The van der Waals surface area contributed by atoms with Gasteiger partial charge in [-0.2, -0.15) is 10.1 Å². The first-order valence-electron chi connectivity index (χ1n) is 8.71. The molecule has 0 radical (unpaired) electrons. The van der Waals surface area contributed by atoms with Crippen LogP contribution in [0.15, 0.2) is 18.5 Å². The van der Waals surface area contributed by atoms with E-state index in [2.05, 4.69) is 25.3 Å². The molecule has 0 amide bonds. The molecule has 0 unspecified atom stereocenters. The van der Waals surface area contributed by atoms with Gasteiger partial charge in [-0.3, -0.25) is 5.10 Å². The number of fused-ring (bicyclic) bond motifs is 2. The van der Waals surface area contributed by atoms with Crippen molar-refractivity contribution < 1.29 is 9.53 Å². The first-order valence-corrected chi connectivity index (χ1v) is 8.71. The number of hydrogen-bond acceptors (Lipinski definition) is 6. The molecule has 0 bridgehead atoms. The maximum Gasteiger partial charge on any atom is 0.359 e. The number of rotatable bonds is 5. The Morgan fingerprint density at radius 2 is 2.20 bits per heavy atom.